The van der Waals surface area contributed by atoms with Gasteiger partial charge in [0.15, 0.2) is 0 Å². The van der Waals surface area contributed by atoms with Crippen molar-refractivity contribution in [1.29, 1.82) is 0 Å². The zero-order valence-corrected chi connectivity index (χ0v) is 18.8. The Hall–Kier alpha value is -0.0800. The Balaban J connectivity index is 1.60. The smallest absolute Gasteiger partial charge is 0.0820 e. The molecule has 6 unspecified atom stereocenters. The van der Waals surface area contributed by atoms with Gasteiger partial charge < -0.3 is 8.97 Å². The standard InChI is InChI=1S/C24H48N2/c1-7-19-13-25(5,6)14-23(19)11-12-24-18-26(17-22(24)10-4)15-20(8-2)21(9-3)16-26/h19-24H,7-18H2,1-6H3/q+2. The predicted molar refractivity (Wildman–Crippen MR) is 113 cm³/mol. The maximum atomic E-state index is 2.47. The summed E-state index contributed by atoms with van der Waals surface area (Å²) in [5.74, 6) is 6.01. The summed E-state index contributed by atoms with van der Waals surface area (Å²) in [6.45, 7) is 18.7. The Morgan fingerprint density at radius 2 is 0.808 bits per heavy atom. The molecule has 3 saturated heterocycles. The van der Waals surface area contributed by atoms with E-state index in [-0.39, 0.29) is 0 Å². The average molecular weight is 365 g/mol. The molecule has 0 aromatic heterocycles. The first kappa shape index (κ1) is 20.6. The largest absolute Gasteiger partial charge is 0.328 e. The van der Waals surface area contributed by atoms with Crippen molar-refractivity contribution in [3.05, 3.63) is 0 Å². The highest BCUT2D eigenvalue weighted by Gasteiger charge is 2.51. The number of likely N-dealkylation sites (tertiary alicyclic amines) is 1. The second-order valence-corrected chi connectivity index (χ2v) is 11.1. The van der Waals surface area contributed by atoms with Gasteiger partial charge in [-0.15, -0.1) is 0 Å². The van der Waals surface area contributed by atoms with Crippen LogP contribution in [0, 0.1) is 35.5 Å². The fraction of sp³-hybridized carbons (Fsp3) is 1.00. The van der Waals surface area contributed by atoms with Gasteiger partial charge in [0, 0.05) is 35.5 Å². The predicted octanol–water partition coefficient (Wildman–Crippen LogP) is 5.04. The van der Waals surface area contributed by atoms with Crippen molar-refractivity contribution in [2.75, 3.05) is 53.4 Å². The van der Waals surface area contributed by atoms with Crippen molar-refractivity contribution >= 4 is 0 Å². The molecule has 3 aliphatic heterocycles. The highest BCUT2D eigenvalue weighted by Crippen LogP contribution is 2.44. The minimum Gasteiger partial charge on any atom is -0.328 e. The summed E-state index contributed by atoms with van der Waals surface area (Å²) in [6, 6.07) is 0. The second-order valence-electron chi connectivity index (χ2n) is 11.1. The highest BCUT2D eigenvalue weighted by molar-refractivity contribution is 4.85. The molecule has 3 rings (SSSR count). The quantitative estimate of drug-likeness (QED) is 0.555. The summed E-state index contributed by atoms with van der Waals surface area (Å²) in [5, 5.41) is 0. The van der Waals surface area contributed by atoms with Gasteiger partial charge in [0.1, 0.15) is 0 Å². The van der Waals surface area contributed by atoms with Gasteiger partial charge in [0.25, 0.3) is 0 Å². The van der Waals surface area contributed by atoms with E-state index >= 15 is 0 Å². The summed E-state index contributed by atoms with van der Waals surface area (Å²) in [7, 11) is 4.90. The van der Waals surface area contributed by atoms with Crippen LogP contribution < -0.4 is 0 Å². The minimum atomic E-state index is 0.982. The maximum Gasteiger partial charge on any atom is 0.0820 e. The third kappa shape index (κ3) is 4.17. The van der Waals surface area contributed by atoms with Crippen molar-refractivity contribution < 1.29 is 8.97 Å². The lowest BCUT2D eigenvalue weighted by atomic mass is 9.83. The Bertz CT molecular complexity index is 445. The van der Waals surface area contributed by atoms with E-state index in [9.17, 15) is 0 Å². The molecule has 1 spiro atoms. The Kier molecular flexibility index (Phi) is 6.44. The Morgan fingerprint density at radius 1 is 0.500 bits per heavy atom. The van der Waals surface area contributed by atoms with Gasteiger partial charge in [-0.2, -0.15) is 0 Å². The molecule has 0 aliphatic carbocycles. The number of rotatable bonds is 7. The third-order valence-electron chi connectivity index (χ3n) is 8.95. The van der Waals surface area contributed by atoms with Gasteiger partial charge in [0.2, 0.25) is 0 Å². The SMILES string of the molecule is CCC1C[N+](C)(C)CC1CCC1C[N+]2(CC(CC)C(CC)C2)CC1CC. The fourth-order valence-corrected chi connectivity index (χ4v) is 7.61. The van der Waals surface area contributed by atoms with Crippen molar-refractivity contribution in [3.8, 4) is 0 Å². The van der Waals surface area contributed by atoms with Crippen molar-refractivity contribution in [2.45, 2.75) is 66.2 Å². The van der Waals surface area contributed by atoms with E-state index in [1.165, 1.54) is 86.8 Å². The first-order valence-electron chi connectivity index (χ1n) is 12.0. The fourth-order valence-electron chi connectivity index (χ4n) is 7.61. The molecule has 0 bridgehead atoms. The maximum absolute atomic E-state index is 2.47. The molecular formula is C24H48N2+2. The lowest BCUT2D eigenvalue weighted by Crippen LogP contribution is -2.44. The number of hydrogen-bond acceptors (Lipinski definition) is 0. The van der Waals surface area contributed by atoms with Crippen LogP contribution in [0.15, 0.2) is 0 Å². The van der Waals surface area contributed by atoms with Crippen LogP contribution in [0.25, 0.3) is 0 Å². The van der Waals surface area contributed by atoms with Crippen LogP contribution in [0.1, 0.15) is 66.2 Å². The third-order valence-corrected chi connectivity index (χ3v) is 8.95. The van der Waals surface area contributed by atoms with Crippen LogP contribution in [0.3, 0.4) is 0 Å². The number of hydrogen-bond donors (Lipinski definition) is 0. The molecule has 0 aromatic carbocycles. The number of nitrogens with zero attached hydrogens (tertiary/aromatic N) is 2. The molecule has 3 fully saturated rings. The van der Waals surface area contributed by atoms with Crippen molar-refractivity contribution in [3.63, 3.8) is 0 Å². The van der Waals surface area contributed by atoms with Crippen LogP contribution in [0.2, 0.25) is 0 Å². The van der Waals surface area contributed by atoms with Crippen LogP contribution in [0.5, 0.6) is 0 Å². The molecule has 0 amide bonds. The van der Waals surface area contributed by atoms with Crippen LogP contribution >= 0.6 is 0 Å². The van der Waals surface area contributed by atoms with Gasteiger partial charge in [-0.25, -0.2) is 0 Å². The lowest BCUT2D eigenvalue weighted by Gasteiger charge is -2.30. The molecule has 2 nitrogen and oxygen atoms in total. The van der Waals surface area contributed by atoms with E-state index in [4.69, 9.17) is 0 Å². The Morgan fingerprint density at radius 3 is 1.27 bits per heavy atom. The molecule has 3 aliphatic rings. The summed E-state index contributed by atoms with van der Waals surface area (Å²) >= 11 is 0. The molecule has 0 saturated carbocycles. The molecule has 26 heavy (non-hydrogen) atoms. The average Bonchev–Trinajstić information content (AvgIpc) is 3.25. The van der Waals surface area contributed by atoms with E-state index in [1.54, 1.807) is 0 Å². The molecule has 152 valence electrons. The molecule has 0 aromatic rings. The van der Waals surface area contributed by atoms with Crippen LogP contribution in [-0.2, 0) is 0 Å². The zero-order chi connectivity index (χ0) is 18.9. The molecule has 0 N–H and O–H groups in total. The van der Waals surface area contributed by atoms with E-state index in [1.807, 2.05) is 0 Å². The summed E-state index contributed by atoms with van der Waals surface area (Å²) < 4.78 is 2.77. The monoisotopic (exact) mass is 364 g/mol. The van der Waals surface area contributed by atoms with Crippen LogP contribution in [-0.4, -0.2) is 62.3 Å². The van der Waals surface area contributed by atoms with Crippen molar-refractivity contribution in [2.24, 2.45) is 35.5 Å². The zero-order valence-electron chi connectivity index (χ0n) is 18.8. The summed E-state index contributed by atoms with van der Waals surface area (Å²) in [5.41, 5.74) is 0. The highest BCUT2D eigenvalue weighted by atomic mass is 15.4. The Labute approximate surface area is 164 Å². The molecular weight excluding hydrogens is 316 g/mol. The van der Waals surface area contributed by atoms with Crippen LogP contribution in [0.4, 0.5) is 0 Å². The van der Waals surface area contributed by atoms with E-state index in [2.05, 4.69) is 41.8 Å². The van der Waals surface area contributed by atoms with E-state index in [0.717, 1.165) is 35.5 Å². The van der Waals surface area contributed by atoms with E-state index in [0.29, 0.717) is 0 Å². The van der Waals surface area contributed by atoms with Crippen molar-refractivity contribution in [1.82, 2.24) is 0 Å². The van der Waals surface area contributed by atoms with E-state index < -0.39 is 0 Å². The van der Waals surface area contributed by atoms with Gasteiger partial charge in [-0.3, -0.25) is 0 Å². The number of quaternary nitrogens is 2. The first-order valence-corrected chi connectivity index (χ1v) is 12.0. The molecule has 0 radical (unpaired) electrons. The molecule has 2 heteroatoms. The van der Waals surface area contributed by atoms with Gasteiger partial charge in [-0.05, 0) is 38.5 Å². The lowest BCUT2D eigenvalue weighted by molar-refractivity contribution is -0.910. The summed E-state index contributed by atoms with van der Waals surface area (Å²) in [6.07, 6.45) is 8.66. The first-order chi connectivity index (χ1) is 12.3. The summed E-state index contributed by atoms with van der Waals surface area (Å²) in [4.78, 5) is 0. The molecule has 3 heterocycles. The van der Waals surface area contributed by atoms with Gasteiger partial charge >= 0.3 is 0 Å². The minimum absolute atomic E-state index is 0.982. The van der Waals surface area contributed by atoms with Gasteiger partial charge in [-0.1, -0.05) is 27.7 Å². The van der Waals surface area contributed by atoms with Gasteiger partial charge in [0.05, 0.1) is 53.4 Å². The second kappa shape index (κ2) is 8.11. The molecule has 6 atom stereocenters. The topological polar surface area (TPSA) is 0 Å². The normalized spacial score (nSPS) is 45.0.